The van der Waals surface area contributed by atoms with Crippen LogP contribution in [0.25, 0.3) is 11.2 Å². The number of rotatable bonds is 9. The molecule has 1 aliphatic rings. The molecule has 2 aromatic heterocycles. The molecule has 0 amide bonds. The molecule has 0 aliphatic carbocycles. The van der Waals surface area contributed by atoms with Crippen LogP contribution in [0.5, 0.6) is 0 Å². The Labute approximate surface area is 301 Å². The molecule has 0 spiro atoms. The molecule has 0 aromatic carbocycles. The second-order valence-electron chi connectivity index (χ2n) is 6.27. The van der Waals surface area contributed by atoms with Crippen LogP contribution in [0.4, 0.5) is 5.82 Å². The molecule has 37 heavy (non-hydrogen) atoms. The van der Waals surface area contributed by atoms with Gasteiger partial charge in [-0.3, -0.25) is 18.0 Å². The number of anilines is 1. The summed E-state index contributed by atoms with van der Waals surface area (Å²) in [5.74, 6) is 0.0328. The van der Waals surface area contributed by atoms with Crippen LogP contribution >= 0.6 is 35.2 Å². The van der Waals surface area contributed by atoms with E-state index in [1.165, 1.54) is 10.9 Å². The number of nitrogens with zero attached hydrogens (tertiary/aromatic N) is 4. The van der Waals surface area contributed by atoms with Crippen molar-refractivity contribution in [2.24, 2.45) is 0 Å². The molecule has 0 radical (unpaired) electrons. The second kappa shape index (κ2) is 16.7. The average molecular weight is 641 g/mol. The normalized spacial score (nSPS) is 24.5. The van der Waals surface area contributed by atoms with Crippen molar-refractivity contribution in [2.75, 3.05) is 18.6 Å². The Bertz CT molecular complexity index is 1190. The van der Waals surface area contributed by atoms with Crippen LogP contribution in [0.1, 0.15) is 6.23 Å². The second-order valence-corrected chi connectivity index (χ2v) is 11.3. The molecule has 2 aromatic rings. The zero-order chi connectivity index (χ0) is 24.8. The minimum Gasteiger partial charge on any atom is -0.790 e. The molecular formula is C11H14N5Na4O13P3S. The van der Waals surface area contributed by atoms with E-state index in [-0.39, 0.29) is 140 Å². The van der Waals surface area contributed by atoms with Gasteiger partial charge in [-0.2, -0.15) is 0 Å². The van der Waals surface area contributed by atoms with Gasteiger partial charge in [0.2, 0.25) is 0 Å². The summed E-state index contributed by atoms with van der Waals surface area (Å²) in [4.78, 5) is 55.7. The van der Waals surface area contributed by atoms with Gasteiger partial charge in [0.05, 0.1) is 20.8 Å². The first-order valence-corrected chi connectivity index (χ1v) is 14.0. The van der Waals surface area contributed by atoms with Crippen LogP contribution in [-0.4, -0.2) is 60.9 Å². The van der Waals surface area contributed by atoms with Crippen molar-refractivity contribution in [3.63, 3.8) is 0 Å². The van der Waals surface area contributed by atoms with Crippen molar-refractivity contribution in [3.05, 3.63) is 6.33 Å². The van der Waals surface area contributed by atoms with Gasteiger partial charge >= 0.3 is 118 Å². The average Bonchev–Trinajstić information content (AvgIpc) is 3.19. The molecule has 3 heterocycles. The minimum atomic E-state index is -6.15. The van der Waals surface area contributed by atoms with E-state index < -0.39 is 54.6 Å². The number of imidazole rings is 1. The monoisotopic (exact) mass is 641 g/mol. The Hall–Kier alpha value is 2.99. The number of nitrogen functional groups attached to an aromatic ring is 1. The standard InChI is InChI=1S/C11H18N5O13P3S.4Na/c1-33-11-14-8(12)5-9(15-11)16(3-13-5)10-7(18)6(17)4(27-10)2-26-31(22,23)29-32(24,25)28-30(19,20)21;;;;/h3-4,6-7,10,17-18H,2H2,1H3,(H,22,23)(H,24,25)(H2,12,14,15)(H2,19,20,21);;;;/q;4*+1/p-4/t4-,6-,7-,10-;;;;/m1..../s1. The summed E-state index contributed by atoms with van der Waals surface area (Å²) in [5.41, 5.74) is 6.10. The van der Waals surface area contributed by atoms with Crippen molar-refractivity contribution in [1.82, 2.24) is 19.5 Å². The van der Waals surface area contributed by atoms with Gasteiger partial charge < -0.3 is 49.3 Å². The predicted octanol–water partition coefficient (Wildman–Crippen LogP) is -15.4. The maximum Gasteiger partial charge on any atom is 1.00 e. The number of aliphatic hydroxyl groups excluding tert-OH is 2. The first kappa shape index (κ1) is 42.1. The quantitative estimate of drug-likeness (QED) is 0.0991. The van der Waals surface area contributed by atoms with Gasteiger partial charge in [-0.25, -0.2) is 19.3 Å². The SMILES string of the molecule is CSc1nc(N)c2ncn([C@@H]3O[C@H](COP(=O)([O-])OP(=O)([O-])OP(=O)([O-])[O-])[C@@H](O)[C@H]3O)c2n1.[Na+].[Na+].[Na+].[Na+]. The molecule has 186 valence electrons. The van der Waals surface area contributed by atoms with Gasteiger partial charge in [0.25, 0.3) is 15.6 Å². The Morgan fingerprint density at radius 2 is 1.65 bits per heavy atom. The van der Waals surface area contributed by atoms with E-state index in [9.17, 15) is 43.5 Å². The van der Waals surface area contributed by atoms with Crippen LogP contribution < -0.4 is 144 Å². The van der Waals surface area contributed by atoms with Crippen LogP contribution in [-0.2, 0) is 31.6 Å². The zero-order valence-electron chi connectivity index (χ0n) is 20.1. The Morgan fingerprint density at radius 1 is 1.05 bits per heavy atom. The zero-order valence-corrected chi connectivity index (χ0v) is 31.6. The largest absolute Gasteiger partial charge is 1.00 e. The van der Waals surface area contributed by atoms with Gasteiger partial charge in [-0.1, -0.05) is 11.8 Å². The van der Waals surface area contributed by atoms with Gasteiger partial charge in [0, 0.05) is 0 Å². The fraction of sp³-hybridized carbons (Fsp3) is 0.545. The van der Waals surface area contributed by atoms with Crippen molar-refractivity contribution in [3.8, 4) is 0 Å². The van der Waals surface area contributed by atoms with Gasteiger partial charge in [-0.15, -0.1) is 0 Å². The first-order valence-electron chi connectivity index (χ1n) is 8.39. The molecule has 18 nitrogen and oxygen atoms in total. The molecular weight excluding hydrogens is 627 g/mol. The molecule has 2 unspecified atom stereocenters. The summed E-state index contributed by atoms with van der Waals surface area (Å²) in [6, 6.07) is 0. The van der Waals surface area contributed by atoms with Crippen LogP contribution in [0.2, 0.25) is 0 Å². The van der Waals surface area contributed by atoms with Crippen LogP contribution in [0, 0.1) is 0 Å². The Morgan fingerprint density at radius 3 is 2.19 bits per heavy atom. The molecule has 6 atom stereocenters. The number of thioether (sulfide) groups is 1. The summed E-state index contributed by atoms with van der Waals surface area (Å²) >= 11 is 1.16. The number of fused-ring (bicyclic) bond motifs is 1. The number of hydrogen-bond donors (Lipinski definition) is 3. The maximum atomic E-state index is 11.7. The molecule has 1 fully saturated rings. The number of ether oxygens (including phenoxy) is 1. The van der Waals surface area contributed by atoms with Gasteiger partial charge in [-0.05, 0) is 6.26 Å². The molecule has 1 saturated heterocycles. The number of aliphatic hydroxyl groups is 2. The molecule has 3 rings (SSSR count). The summed E-state index contributed by atoms with van der Waals surface area (Å²) in [6.07, 6.45) is -3.44. The van der Waals surface area contributed by atoms with Crippen LogP contribution in [0.3, 0.4) is 0 Å². The third kappa shape index (κ3) is 11.5. The van der Waals surface area contributed by atoms with Crippen molar-refractivity contribution >= 4 is 52.2 Å². The van der Waals surface area contributed by atoms with E-state index in [0.717, 1.165) is 11.8 Å². The number of aromatic nitrogens is 4. The third-order valence-corrected chi connectivity index (χ3v) is 8.23. The predicted molar refractivity (Wildman–Crippen MR) is 98.4 cm³/mol. The Kier molecular flexibility index (Phi) is 19.1. The van der Waals surface area contributed by atoms with E-state index in [4.69, 9.17) is 10.5 Å². The topological polar surface area (TPSA) is 290 Å². The number of phosphoric acid groups is 3. The van der Waals surface area contributed by atoms with E-state index >= 15 is 0 Å². The third-order valence-electron chi connectivity index (χ3n) is 4.02. The molecule has 1 aliphatic heterocycles. The summed E-state index contributed by atoms with van der Waals surface area (Å²) in [6.45, 7) is -1.08. The summed E-state index contributed by atoms with van der Waals surface area (Å²) in [7, 11) is -18.1. The number of phosphoric ester groups is 1. The van der Waals surface area contributed by atoms with Crippen molar-refractivity contribution < 1.29 is 180 Å². The van der Waals surface area contributed by atoms with E-state index in [0.29, 0.717) is 0 Å². The van der Waals surface area contributed by atoms with E-state index in [1.54, 1.807) is 6.26 Å². The molecule has 26 heteroatoms. The first-order chi connectivity index (χ1) is 15.1. The minimum absolute atomic E-state index is 0. The molecule has 4 N–H and O–H groups in total. The van der Waals surface area contributed by atoms with E-state index in [1.807, 2.05) is 0 Å². The van der Waals surface area contributed by atoms with Crippen molar-refractivity contribution in [2.45, 2.75) is 29.7 Å². The molecule has 0 bridgehead atoms. The maximum absolute atomic E-state index is 11.7. The fourth-order valence-corrected chi connectivity index (χ4v) is 5.97. The van der Waals surface area contributed by atoms with Gasteiger partial charge in [0.1, 0.15) is 23.8 Å². The van der Waals surface area contributed by atoms with Crippen LogP contribution in [0.15, 0.2) is 11.5 Å². The molecule has 0 saturated carbocycles. The number of nitrogens with two attached hydrogens (primary N) is 1. The summed E-state index contributed by atoms with van der Waals surface area (Å²) in [5, 5.41) is 20.8. The van der Waals surface area contributed by atoms with Crippen molar-refractivity contribution in [1.29, 1.82) is 0 Å². The van der Waals surface area contributed by atoms with E-state index in [2.05, 4.69) is 28.1 Å². The summed E-state index contributed by atoms with van der Waals surface area (Å²) < 4.78 is 50.5. The Balaban J connectivity index is 0. The fourth-order valence-electron chi connectivity index (χ4n) is 2.74. The van der Waals surface area contributed by atoms with Gasteiger partial charge in [0.15, 0.2) is 22.8 Å². The number of hydrogen-bond acceptors (Lipinski definition) is 18. The smallest absolute Gasteiger partial charge is 0.790 e.